The van der Waals surface area contributed by atoms with Gasteiger partial charge in [0, 0.05) is 11.4 Å². The van der Waals surface area contributed by atoms with E-state index in [0.717, 1.165) is 5.56 Å². The summed E-state index contributed by atoms with van der Waals surface area (Å²) in [6.07, 6.45) is 1.71. The summed E-state index contributed by atoms with van der Waals surface area (Å²) in [4.78, 5) is 0. The average molecular weight is 267 g/mol. The molecule has 5 heteroatoms. The Bertz CT molecular complexity index is 510. The fourth-order valence-corrected chi connectivity index (χ4v) is 3.22. The third-order valence-corrected chi connectivity index (χ3v) is 4.33. The van der Waals surface area contributed by atoms with Crippen LogP contribution >= 0.6 is 0 Å². The maximum atomic E-state index is 11.2. The van der Waals surface area contributed by atoms with E-state index in [4.69, 9.17) is 0 Å². The molecule has 0 saturated carbocycles. The Morgan fingerprint density at radius 2 is 2.06 bits per heavy atom. The van der Waals surface area contributed by atoms with Gasteiger partial charge in [-0.25, -0.2) is 8.42 Å². The van der Waals surface area contributed by atoms with Gasteiger partial charge < -0.3 is 10.4 Å². The second kappa shape index (κ2) is 5.65. The van der Waals surface area contributed by atoms with Gasteiger partial charge in [0.1, 0.15) is 0 Å². The van der Waals surface area contributed by atoms with Crippen molar-refractivity contribution in [2.45, 2.75) is 18.6 Å². The van der Waals surface area contributed by atoms with Crippen LogP contribution in [0.4, 0.5) is 0 Å². The Kier molecular flexibility index (Phi) is 4.16. The van der Waals surface area contributed by atoms with Gasteiger partial charge in [0.05, 0.1) is 11.9 Å². The molecule has 0 fully saturated rings. The summed E-state index contributed by atoms with van der Waals surface area (Å²) in [5.74, 6) is 0.119. The van der Waals surface area contributed by atoms with E-state index in [9.17, 15) is 13.5 Å². The molecule has 1 aliphatic heterocycles. The van der Waals surface area contributed by atoms with Crippen LogP contribution in [-0.2, 0) is 9.84 Å². The SMILES string of the molecule is O=S1(=O)C=CC(NCC[C@@H](O)c2ccccc2)C1. The van der Waals surface area contributed by atoms with E-state index in [1.54, 1.807) is 6.08 Å². The highest BCUT2D eigenvalue weighted by atomic mass is 32.2. The van der Waals surface area contributed by atoms with Crippen molar-refractivity contribution < 1.29 is 13.5 Å². The van der Waals surface area contributed by atoms with E-state index in [2.05, 4.69) is 5.32 Å². The molecule has 0 saturated heterocycles. The van der Waals surface area contributed by atoms with Gasteiger partial charge in [-0.3, -0.25) is 0 Å². The van der Waals surface area contributed by atoms with Gasteiger partial charge in [-0.2, -0.15) is 0 Å². The highest BCUT2D eigenvalue weighted by Gasteiger charge is 2.21. The van der Waals surface area contributed by atoms with E-state index < -0.39 is 15.9 Å². The predicted octanol–water partition coefficient (Wildman–Crippen LogP) is 1.01. The first-order valence-electron chi connectivity index (χ1n) is 5.94. The monoisotopic (exact) mass is 267 g/mol. The molecular formula is C13H17NO3S. The fraction of sp³-hybridized carbons (Fsp3) is 0.385. The van der Waals surface area contributed by atoms with E-state index in [1.165, 1.54) is 5.41 Å². The quantitative estimate of drug-likeness (QED) is 0.835. The molecule has 2 N–H and O–H groups in total. The molecule has 1 unspecified atom stereocenters. The molecule has 0 aromatic heterocycles. The molecule has 0 radical (unpaired) electrons. The van der Waals surface area contributed by atoms with Gasteiger partial charge in [-0.1, -0.05) is 36.4 Å². The number of benzene rings is 1. The molecule has 0 aliphatic carbocycles. The number of sulfone groups is 1. The van der Waals surface area contributed by atoms with Crippen LogP contribution < -0.4 is 5.32 Å². The van der Waals surface area contributed by atoms with Crippen LogP contribution in [0.1, 0.15) is 18.1 Å². The molecule has 0 spiro atoms. The molecule has 1 aromatic carbocycles. The van der Waals surface area contributed by atoms with Gasteiger partial charge in [0.15, 0.2) is 9.84 Å². The van der Waals surface area contributed by atoms with Gasteiger partial charge in [-0.15, -0.1) is 0 Å². The lowest BCUT2D eigenvalue weighted by Crippen LogP contribution is -2.31. The summed E-state index contributed by atoms with van der Waals surface area (Å²) < 4.78 is 22.4. The molecule has 1 aliphatic rings. The number of rotatable bonds is 5. The molecule has 1 aromatic rings. The third kappa shape index (κ3) is 3.66. The molecule has 2 rings (SSSR count). The minimum Gasteiger partial charge on any atom is -0.388 e. The van der Waals surface area contributed by atoms with E-state index in [-0.39, 0.29) is 11.8 Å². The van der Waals surface area contributed by atoms with Crippen molar-refractivity contribution in [3.63, 3.8) is 0 Å². The van der Waals surface area contributed by atoms with Crippen LogP contribution in [0.3, 0.4) is 0 Å². The zero-order valence-electron chi connectivity index (χ0n) is 9.99. The number of aliphatic hydroxyl groups is 1. The van der Waals surface area contributed by atoms with Crippen molar-refractivity contribution in [3.05, 3.63) is 47.4 Å². The Hall–Kier alpha value is -1.17. The van der Waals surface area contributed by atoms with Crippen molar-refractivity contribution in [3.8, 4) is 0 Å². The first kappa shape index (κ1) is 13.3. The highest BCUT2D eigenvalue weighted by Crippen LogP contribution is 2.15. The first-order chi connectivity index (χ1) is 8.57. The lowest BCUT2D eigenvalue weighted by molar-refractivity contribution is 0.166. The molecule has 4 nitrogen and oxygen atoms in total. The summed E-state index contributed by atoms with van der Waals surface area (Å²) in [7, 11) is -3.00. The average Bonchev–Trinajstić information content (AvgIpc) is 2.70. The lowest BCUT2D eigenvalue weighted by atomic mass is 10.1. The molecule has 98 valence electrons. The number of hydrogen-bond donors (Lipinski definition) is 2. The summed E-state index contributed by atoms with van der Waals surface area (Å²) in [5, 5.41) is 14.3. The summed E-state index contributed by atoms with van der Waals surface area (Å²) in [5.41, 5.74) is 0.883. The summed E-state index contributed by atoms with van der Waals surface area (Å²) >= 11 is 0. The van der Waals surface area contributed by atoms with Gasteiger partial charge in [0.25, 0.3) is 0 Å². The summed E-state index contributed by atoms with van der Waals surface area (Å²) in [6, 6.07) is 9.31. The molecule has 1 heterocycles. The Labute approximate surface area is 107 Å². The van der Waals surface area contributed by atoms with Crippen LogP contribution in [-0.4, -0.2) is 31.9 Å². The Morgan fingerprint density at radius 1 is 1.33 bits per heavy atom. The zero-order valence-corrected chi connectivity index (χ0v) is 10.8. The van der Waals surface area contributed by atoms with Gasteiger partial charge >= 0.3 is 0 Å². The summed E-state index contributed by atoms with van der Waals surface area (Å²) in [6.45, 7) is 0.584. The van der Waals surface area contributed by atoms with Gasteiger partial charge in [-0.05, 0) is 18.5 Å². The van der Waals surface area contributed by atoms with Crippen molar-refractivity contribution in [1.82, 2.24) is 5.32 Å². The smallest absolute Gasteiger partial charge is 0.173 e. The topological polar surface area (TPSA) is 66.4 Å². The van der Waals surface area contributed by atoms with E-state index in [0.29, 0.717) is 13.0 Å². The van der Waals surface area contributed by atoms with Gasteiger partial charge in [0.2, 0.25) is 0 Å². The van der Waals surface area contributed by atoms with Crippen molar-refractivity contribution in [2.24, 2.45) is 0 Å². The maximum Gasteiger partial charge on any atom is 0.173 e. The fourth-order valence-electron chi connectivity index (χ4n) is 1.95. The van der Waals surface area contributed by atoms with Crippen molar-refractivity contribution in [2.75, 3.05) is 12.3 Å². The first-order valence-corrected chi connectivity index (χ1v) is 7.66. The van der Waals surface area contributed by atoms with Crippen molar-refractivity contribution >= 4 is 9.84 Å². The second-order valence-corrected chi connectivity index (χ2v) is 6.37. The number of nitrogens with one attached hydrogen (secondary N) is 1. The highest BCUT2D eigenvalue weighted by molar-refractivity contribution is 7.94. The third-order valence-electron chi connectivity index (χ3n) is 2.94. The molecule has 2 atom stereocenters. The maximum absolute atomic E-state index is 11.2. The number of hydrogen-bond acceptors (Lipinski definition) is 4. The Morgan fingerprint density at radius 3 is 2.67 bits per heavy atom. The largest absolute Gasteiger partial charge is 0.388 e. The minimum absolute atomic E-state index is 0.119. The Balaban J connectivity index is 1.75. The second-order valence-electron chi connectivity index (χ2n) is 4.43. The van der Waals surface area contributed by atoms with Crippen LogP contribution in [0.5, 0.6) is 0 Å². The molecule has 18 heavy (non-hydrogen) atoms. The standard InChI is InChI=1S/C13H17NO3S/c15-13(11-4-2-1-3-5-11)6-8-14-12-7-9-18(16,17)10-12/h1-5,7,9,12-15H,6,8,10H2/t12?,13-/m1/s1. The van der Waals surface area contributed by atoms with Crippen molar-refractivity contribution in [1.29, 1.82) is 0 Å². The van der Waals surface area contributed by atoms with Crippen LogP contribution in [0, 0.1) is 0 Å². The molecule has 0 bridgehead atoms. The van der Waals surface area contributed by atoms with Crippen LogP contribution in [0.15, 0.2) is 41.8 Å². The van der Waals surface area contributed by atoms with E-state index >= 15 is 0 Å². The van der Waals surface area contributed by atoms with Crippen LogP contribution in [0.2, 0.25) is 0 Å². The predicted molar refractivity (Wildman–Crippen MR) is 70.7 cm³/mol. The lowest BCUT2D eigenvalue weighted by Gasteiger charge is -2.13. The molecule has 0 amide bonds. The zero-order chi connectivity index (χ0) is 13.0. The molecular weight excluding hydrogens is 250 g/mol. The minimum atomic E-state index is -3.00. The number of aliphatic hydroxyl groups excluding tert-OH is 1. The van der Waals surface area contributed by atoms with E-state index in [1.807, 2.05) is 30.3 Å². The van der Waals surface area contributed by atoms with Crippen LogP contribution in [0.25, 0.3) is 0 Å². The normalized spacial score (nSPS) is 23.1.